The average molecular weight is 413 g/mol. The van der Waals surface area contributed by atoms with E-state index in [1.165, 1.54) is 12.1 Å². The molecular weight excluding hydrogens is 399 g/mol. The minimum atomic E-state index is -3.55. The number of rotatable bonds is 3. The molecule has 26 heavy (non-hydrogen) atoms. The minimum Gasteiger partial charge on any atom is -0.324 e. The van der Waals surface area contributed by atoms with Crippen molar-refractivity contribution >= 4 is 50.5 Å². The zero-order valence-corrected chi connectivity index (χ0v) is 15.7. The van der Waals surface area contributed by atoms with E-state index in [4.69, 9.17) is 23.2 Å². The van der Waals surface area contributed by atoms with E-state index < -0.39 is 39.3 Å². The fourth-order valence-corrected chi connectivity index (χ4v) is 4.59. The zero-order valence-electron chi connectivity index (χ0n) is 13.4. The first-order valence-corrected chi connectivity index (χ1v) is 10.2. The first-order valence-electron chi connectivity index (χ1n) is 7.59. The molecule has 1 aliphatic heterocycles. The molecule has 136 valence electrons. The molecular formula is C17H14Cl2N2O4S. The highest BCUT2D eigenvalue weighted by Gasteiger charge is 2.42. The molecule has 3 rings (SSSR count). The van der Waals surface area contributed by atoms with Crippen LogP contribution in [-0.4, -0.2) is 42.8 Å². The summed E-state index contributed by atoms with van der Waals surface area (Å²) in [6.07, 6.45) is 0. The number of benzene rings is 2. The third kappa shape index (κ3) is 4.00. The van der Waals surface area contributed by atoms with Crippen molar-refractivity contribution in [3.63, 3.8) is 0 Å². The van der Waals surface area contributed by atoms with Crippen LogP contribution < -0.4 is 5.32 Å². The standard InChI is InChI=1S/C17H14Cl2N2O4S/c18-13-7-6-12(8-14(13)19)20-16(22)15-9-26(24,25)10-21(15)17(23)11-4-2-1-3-5-11/h1-8,15H,9-10H2,(H,20,22)/t15-/m0/s1. The molecule has 0 bridgehead atoms. The van der Waals surface area contributed by atoms with Crippen LogP contribution in [0.15, 0.2) is 48.5 Å². The maximum atomic E-state index is 12.6. The van der Waals surface area contributed by atoms with Crippen molar-refractivity contribution in [1.29, 1.82) is 0 Å². The van der Waals surface area contributed by atoms with Gasteiger partial charge in [-0.05, 0) is 30.3 Å². The molecule has 1 atom stereocenters. The molecule has 2 amide bonds. The van der Waals surface area contributed by atoms with Gasteiger partial charge in [0.05, 0.1) is 15.8 Å². The van der Waals surface area contributed by atoms with E-state index in [0.29, 0.717) is 16.3 Å². The molecule has 1 saturated heterocycles. The van der Waals surface area contributed by atoms with Crippen molar-refractivity contribution in [1.82, 2.24) is 4.90 Å². The molecule has 6 nitrogen and oxygen atoms in total. The number of anilines is 1. The first kappa shape index (κ1) is 18.7. The molecule has 0 unspecified atom stereocenters. The summed E-state index contributed by atoms with van der Waals surface area (Å²) in [5.74, 6) is -2.05. The third-order valence-electron chi connectivity index (χ3n) is 3.90. The van der Waals surface area contributed by atoms with E-state index in [9.17, 15) is 18.0 Å². The smallest absolute Gasteiger partial charge is 0.255 e. The monoisotopic (exact) mass is 412 g/mol. The van der Waals surface area contributed by atoms with Crippen LogP contribution in [-0.2, 0) is 14.6 Å². The average Bonchev–Trinajstić information content (AvgIpc) is 2.94. The highest BCUT2D eigenvalue weighted by molar-refractivity contribution is 7.91. The minimum absolute atomic E-state index is 0.251. The SMILES string of the molecule is O=C(Nc1ccc(Cl)c(Cl)c1)[C@@H]1CS(=O)(=O)CN1C(=O)c1ccccc1. The molecule has 1 N–H and O–H groups in total. The van der Waals surface area contributed by atoms with Crippen LogP contribution in [0.2, 0.25) is 10.0 Å². The molecule has 0 aliphatic carbocycles. The van der Waals surface area contributed by atoms with E-state index >= 15 is 0 Å². The third-order valence-corrected chi connectivity index (χ3v) is 6.13. The molecule has 0 aromatic heterocycles. The van der Waals surface area contributed by atoms with Gasteiger partial charge in [0.15, 0.2) is 9.84 Å². The number of sulfone groups is 1. The van der Waals surface area contributed by atoms with Crippen LogP contribution in [0.5, 0.6) is 0 Å². The van der Waals surface area contributed by atoms with E-state index in [-0.39, 0.29) is 5.02 Å². The van der Waals surface area contributed by atoms with E-state index in [1.807, 2.05) is 0 Å². The predicted molar refractivity (Wildman–Crippen MR) is 100 cm³/mol. The molecule has 0 radical (unpaired) electrons. The van der Waals surface area contributed by atoms with E-state index in [1.54, 1.807) is 36.4 Å². The topological polar surface area (TPSA) is 83.6 Å². The van der Waals surface area contributed by atoms with Crippen molar-refractivity contribution in [2.45, 2.75) is 6.04 Å². The molecule has 0 spiro atoms. The maximum absolute atomic E-state index is 12.6. The Balaban J connectivity index is 1.84. The van der Waals surface area contributed by atoms with Gasteiger partial charge >= 0.3 is 0 Å². The van der Waals surface area contributed by atoms with Crippen LogP contribution in [0.3, 0.4) is 0 Å². The van der Waals surface area contributed by atoms with Crippen molar-refractivity contribution in [2.75, 3.05) is 16.9 Å². The summed E-state index contributed by atoms with van der Waals surface area (Å²) in [6.45, 7) is 0. The van der Waals surface area contributed by atoms with Gasteiger partial charge in [0.25, 0.3) is 5.91 Å². The first-order chi connectivity index (χ1) is 12.3. The second-order valence-corrected chi connectivity index (χ2v) is 8.71. The van der Waals surface area contributed by atoms with Crippen molar-refractivity contribution in [3.8, 4) is 0 Å². The number of hydrogen-bond donors (Lipinski definition) is 1. The van der Waals surface area contributed by atoms with Crippen LogP contribution in [0.1, 0.15) is 10.4 Å². The van der Waals surface area contributed by atoms with Gasteiger partial charge in [0.2, 0.25) is 5.91 Å². The number of carbonyl (C=O) groups is 2. The van der Waals surface area contributed by atoms with Crippen LogP contribution in [0, 0.1) is 0 Å². The molecule has 2 aromatic carbocycles. The van der Waals surface area contributed by atoms with Gasteiger partial charge in [-0.3, -0.25) is 9.59 Å². The highest BCUT2D eigenvalue weighted by Crippen LogP contribution is 2.26. The number of carbonyl (C=O) groups excluding carboxylic acids is 2. The lowest BCUT2D eigenvalue weighted by Gasteiger charge is -2.22. The molecule has 1 fully saturated rings. The fraction of sp³-hybridized carbons (Fsp3) is 0.176. The summed E-state index contributed by atoms with van der Waals surface area (Å²) in [6, 6.07) is 11.6. The van der Waals surface area contributed by atoms with Crippen LogP contribution in [0.25, 0.3) is 0 Å². The highest BCUT2D eigenvalue weighted by atomic mass is 35.5. The Kier molecular flexibility index (Phi) is 5.22. The fourth-order valence-electron chi connectivity index (χ4n) is 2.65. The lowest BCUT2D eigenvalue weighted by atomic mass is 10.1. The van der Waals surface area contributed by atoms with Gasteiger partial charge in [-0.25, -0.2) is 8.42 Å². The van der Waals surface area contributed by atoms with Gasteiger partial charge in [0, 0.05) is 11.3 Å². The Morgan fingerprint density at radius 1 is 1.04 bits per heavy atom. The summed E-state index contributed by atoms with van der Waals surface area (Å²) >= 11 is 11.8. The van der Waals surface area contributed by atoms with Crippen molar-refractivity contribution in [2.24, 2.45) is 0 Å². The zero-order chi connectivity index (χ0) is 18.9. The molecule has 0 saturated carbocycles. The number of hydrogen-bond acceptors (Lipinski definition) is 4. The molecule has 2 aromatic rings. The van der Waals surface area contributed by atoms with Gasteiger partial charge in [-0.1, -0.05) is 41.4 Å². The normalized spacial score (nSPS) is 18.5. The van der Waals surface area contributed by atoms with Gasteiger partial charge in [-0.15, -0.1) is 0 Å². The summed E-state index contributed by atoms with van der Waals surface area (Å²) in [7, 11) is -3.55. The Morgan fingerprint density at radius 2 is 1.73 bits per heavy atom. The Morgan fingerprint density at radius 3 is 2.38 bits per heavy atom. The lowest BCUT2D eigenvalue weighted by Crippen LogP contribution is -2.44. The number of nitrogens with zero attached hydrogens (tertiary/aromatic N) is 1. The largest absolute Gasteiger partial charge is 0.324 e. The van der Waals surface area contributed by atoms with Gasteiger partial charge in [-0.2, -0.15) is 0 Å². The molecule has 1 heterocycles. The molecule has 1 aliphatic rings. The van der Waals surface area contributed by atoms with Crippen molar-refractivity contribution < 1.29 is 18.0 Å². The van der Waals surface area contributed by atoms with Crippen LogP contribution >= 0.6 is 23.2 Å². The second-order valence-electron chi connectivity index (χ2n) is 5.81. The number of amides is 2. The van der Waals surface area contributed by atoms with Crippen molar-refractivity contribution in [3.05, 3.63) is 64.1 Å². The predicted octanol–water partition coefficient (Wildman–Crippen LogP) is 2.83. The van der Waals surface area contributed by atoms with Gasteiger partial charge < -0.3 is 10.2 Å². The quantitative estimate of drug-likeness (QED) is 0.839. The summed E-state index contributed by atoms with van der Waals surface area (Å²) in [4.78, 5) is 26.3. The summed E-state index contributed by atoms with van der Waals surface area (Å²) in [5.41, 5.74) is 0.678. The van der Waals surface area contributed by atoms with E-state index in [2.05, 4.69) is 5.32 Å². The Bertz CT molecular complexity index is 964. The summed E-state index contributed by atoms with van der Waals surface area (Å²) in [5, 5.41) is 3.16. The van der Waals surface area contributed by atoms with Crippen LogP contribution in [0.4, 0.5) is 5.69 Å². The number of halogens is 2. The van der Waals surface area contributed by atoms with E-state index in [0.717, 1.165) is 4.90 Å². The lowest BCUT2D eigenvalue weighted by molar-refractivity contribution is -0.119. The van der Waals surface area contributed by atoms with Gasteiger partial charge in [0.1, 0.15) is 11.9 Å². The summed E-state index contributed by atoms with van der Waals surface area (Å²) < 4.78 is 24.1. The molecule has 9 heteroatoms. The Hall–Kier alpha value is -2.09. The maximum Gasteiger partial charge on any atom is 0.255 e. The Labute approximate surface area is 160 Å². The second kappa shape index (κ2) is 7.26. The number of nitrogens with one attached hydrogen (secondary N) is 1.